The Morgan fingerprint density at radius 3 is 2.63 bits per heavy atom. The van der Waals surface area contributed by atoms with Gasteiger partial charge in [-0.1, -0.05) is 24.3 Å². The second-order valence-corrected chi connectivity index (χ2v) is 6.57. The fraction of sp³-hybridized carbons (Fsp3) is 0.182. The molecule has 27 heavy (non-hydrogen) atoms. The summed E-state index contributed by atoms with van der Waals surface area (Å²) in [6.07, 6.45) is 3.44. The number of carbonyl (C=O) groups is 1. The lowest BCUT2D eigenvalue weighted by atomic mass is 9.99. The zero-order valence-corrected chi connectivity index (χ0v) is 14.8. The molecule has 0 aliphatic carbocycles. The second-order valence-electron chi connectivity index (χ2n) is 6.57. The number of rotatable bonds is 5. The van der Waals surface area contributed by atoms with Crippen LogP contribution in [-0.2, 0) is 12.8 Å². The minimum atomic E-state index is -0.251. The number of carbonyl (C=O) groups excluding carboxylic acids is 1. The predicted molar refractivity (Wildman–Crippen MR) is 104 cm³/mol. The van der Waals surface area contributed by atoms with Crippen molar-refractivity contribution in [3.05, 3.63) is 83.3 Å². The fourth-order valence-corrected chi connectivity index (χ4v) is 3.35. The van der Waals surface area contributed by atoms with Gasteiger partial charge in [0.05, 0.1) is 0 Å². The largest absolute Gasteiger partial charge is 0.369 e. The van der Waals surface area contributed by atoms with Crippen LogP contribution in [-0.4, -0.2) is 24.0 Å². The Bertz CT molecular complexity index is 952. The molecule has 1 aliphatic heterocycles. The highest BCUT2D eigenvalue weighted by Crippen LogP contribution is 2.31. The minimum absolute atomic E-state index is 0.106. The molecule has 2 N–H and O–H groups in total. The zero-order chi connectivity index (χ0) is 18.6. The third-order valence-electron chi connectivity index (χ3n) is 4.79. The molecule has 3 aromatic rings. The highest BCUT2D eigenvalue weighted by molar-refractivity contribution is 5.94. The number of aromatic nitrogens is 1. The standard InChI is InChI=1S/C22H20FN3O/c23-18-7-1-15(2-8-18)9-12-26-22(27)17-5-3-16(4-6-17)19-10-13-24-21-20(19)11-14-25-21/h1-8,10,13H,9,11-12,14H2,(H,24,25)(H,26,27). The molecule has 0 atom stereocenters. The van der Waals surface area contributed by atoms with E-state index in [1.54, 1.807) is 12.1 Å². The lowest BCUT2D eigenvalue weighted by Gasteiger charge is -2.09. The van der Waals surface area contributed by atoms with Crippen LogP contribution in [0.15, 0.2) is 60.8 Å². The van der Waals surface area contributed by atoms with Gasteiger partial charge < -0.3 is 10.6 Å². The number of amides is 1. The summed E-state index contributed by atoms with van der Waals surface area (Å²) in [6.45, 7) is 1.42. The van der Waals surface area contributed by atoms with Crippen LogP contribution in [0.4, 0.5) is 10.2 Å². The van der Waals surface area contributed by atoms with Crippen molar-refractivity contribution in [3.8, 4) is 11.1 Å². The monoisotopic (exact) mass is 361 g/mol. The number of anilines is 1. The van der Waals surface area contributed by atoms with Crippen molar-refractivity contribution >= 4 is 11.7 Å². The first-order chi connectivity index (χ1) is 13.2. The van der Waals surface area contributed by atoms with Gasteiger partial charge in [0, 0.05) is 30.4 Å². The molecule has 0 unspecified atom stereocenters. The van der Waals surface area contributed by atoms with E-state index in [2.05, 4.69) is 15.6 Å². The third kappa shape index (κ3) is 3.82. The van der Waals surface area contributed by atoms with E-state index in [9.17, 15) is 9.18 Å². The number of nitrogens with one attached hydrogen (secondary N) is 2. The molecule has 4 nitrogen and oxygen atoms in total. The van der Waals surface area contributed by atoms with Gasteiger partial charge >= 0.3 is 0 Å². The SMILES string of the molecule is O=C(NCCc1ccc(F)cc1)c1ccc(-c2ccnc3c2CCN3)cc1. The quantitative estimate of drug-likeness (QED) is 0.726. The molecule has 0 saturated carbocycles. The lowest BCUT2D eigenvalue weighted by molar-refractivity contribution is 0.0954. The Morgan fingerprint density at radius 2 is 1.85 bits per heavy atom. The molecule has 0 radical (unpaired) electrons. The van der Waals surface area contributed by atoms with Crippen molar-refractivity contribution in [1.29, 1.82) is 0 Å². The van der Waals surface area contributed by atoms with E-state index < -0.39 is 0 Å². The summed E-state index contributed by atoms with van der Waals surface area (Å²) < 4.78 is 12.9. The summed E-state index contributed by atoms with van der Waals surface area (Å²) in [7, 11) is 0. The van der Waals surface area contributed by atoms with E-state index in [1.165, 1.54) is 17.7 Å². The number of hydrogen-bond donors (Lipinski definition) is 2. The first-order valence-corrected chi connectivity index (χ1v) is 9.05. The molecular weight excluding hydrogens is 341 g/mol. The first-order valence-electron chi connectivity index (χ1n) is 9.05. The molecule has 5 heteroatoms. The molecule has 1 amide bonds. The van der Waals surface area contributed by atoms with Gasteiger partial charge in [0.2, 0.25) is 0 Å². The van der Waals surface area contributed by atoms with Crippen LogP contribution in [0.25, 0.3) is 11.1 Å². The molecule has 0 fully saturated rings. The van der Waals surface area contributed by atoms with E-state index in [4.69, 9.17) is 0 Å². The molecule has 0 spiro atoms. The van der Waals surface area contributed by atoms with E-state index >= 15 is 0 Å². The number of halogens is 1. The van der Waals surface area contributed by atoms with E-state index in [-0.39, 0.29) is 11.7 Å². The Labute approximate surface area is 157 Å². The van der Waals surface area contributed by atoms with Crippen molar-refractivity contribution in [3.63, 3.8) is 0 Å². The summed E-state index contributed by atoms with van der Waals surface area (Å²) >= 11 is 0. The third-order valence-corrected chi connectivity index (χ3v) is 4.79. The smallest absolute Gasteiger partial charge is 0.251 e. The van der Waals surface area contributed by atoms with E-state index in [1.807, 2.05) is 36.5 Å². The van der Waals surface area contributed by atoms with Crippen molar-refractivity contribution in [2.75, 3.05) is 18.4 Å². The van der Waals surface area contributed by atoms with Crippen LogP contribution in [0, 0.1) is 5.82 Å². The molecule has 1 aliphatic rings. The molecule has 0 saturated heterocycles. The summed E-state index contributed by atoms with van der Waals surface area (Å²) in [6, 6.07) is 16.0. The molecular formula is C22H20FN3O. The Morgan fingerprint density at radius 1 is 1.07 bits per heavy atom. The number of benzene rings is 2. The van der Waals surface area contributed by atoms with Gasteiger partial charge in [-0.15, -0.1) is 0 Å². The number of hydrogen-bond acceptors (Lipinski definition) is 3. The van der Waals surface area contributed by atoms with Crippen LogP contribution in [0.2, 0.25) is 0 Å². The van der Waals surface area contributed by atoms with E-state index in [0.717, 1.165) is 35.5 Å². The van der Waals surface area contributed by atoms with Gasteiger partial charge in [-0.25, -0.2) is 9.37 Å². The number of pyridine rings is 1. The van der Waals surface area contributed by atoms with Gasteiger partial charge in [0.1, 0.15) is 11.6 Å². The molecule has 1 aromatic heterocycles. The van der Waals surface area contributed by atoms with Crippen molar-refractivity contribution in [1.82, 2.24) is 10.3 Å². The van der Waals surface area contributed by atoms with Gasteiger partial charge in [-0.3, -0.25) is 4.79 Å². The van der Waals surface area contributed by atoms with Crippen LogP contribution in [0.1, 0.15) is 21.5 Å². The maximum Gasteiger partial charge on any atom is 0.251 e. The van der Waals surface area contributed by atoms with Gasteiger partial charge in [-0.05, 0) is 59.9 Å². The van der Waals surface area contributed by atoms with Gasteiger partial charge in [0.15, 0.2) is 0 Å². The number of nitrogens with zero attached hydrogens (tertiary/aromatic N) is 1. The highest BCUT2D eigenvalue weighted by atomic mass is 19.1. The molecule has 2 aromatic carbocycles. The lowest BCUT2D eigenvalue weighted by Crippen LogP contribution is -2.25. The summed E-state index contributed by atoms with van der Waals surface area (Å²) in [5.41, 5.74) is 5.09. The zero-order valence-electron chi connectivity index (χ0n) is 14.8. The van der Waals surface area contributed by atoms with Crippen LogP contribution in [0.5, 0.6) is 0 Å². The summed E-state index contributed by atoms with van der Waals surface area (Å²) in [4.78, 5) is 16.7. The van der Waals surface area contributed by atoms with Gasteiger partial charge in [-0.2, -0.15) is 0 Å². The predicted octanol–water partition coefficient (Wildman–Crippen LogP) is 3.83. The maximum atomic E-state index is 12.9. The Kier molecular flexibility index (Phi) is 4.83. The molecule has 2 heterocycles. The summed E-state index contributed by atoms with van der Waals surface area (Å²) in [5, 5.41) is 6.19. The number of fused-ring (bicyclic) bond motifs is 1. The second kappa shape index (κ2) is 7.58. The van der Waals surface area contributed by atoms with E-state index in [0.29, 0.717) is 18.5 Å². The average Bonchev–Trinajstić information content (AvgIpc) is 3.18. The first kappa shape index (κ1) is 17.2. The Balaban J connectivity index is 1.39. The topological polar surface area (TPSA) is 54.0 Å². The van der Waals surface area contributed by atoms with Crippen LogP contribution in [0.3, 0.4) is 0 Å². The average molecular weight is 361 g/mol. The van der Waals surface area contributed by atoms with Crippen LogP contribution >= 0.6 is 0 Å². The Hall–Kier alpha value is -3.21. The van der Waals surface area contributed by atoms with Crippen molar-refractivity contribution < 1.29 is 9.18 Å². The van der Waals surface area contributed by atoms with Crippen molar-refractivity contribution in [2.45, 2.75) is 12.8 Å². The van der Waals surface area contributed by atoms with Crippen LogP contribution < -0.4 is 10.6 Å². The molecule has 0 bridgehead atoms. The maximum absolute atomic E-state index is 12.9. The highest BCUT2D eigenvalue weighted by Gasteiger charge is 2.16. The summed E-state index contributed by atoms with van der Waals surface area (Å²) in [5.74, 6) is 0.596. The fourth-order valence-electron chi connectivity index (χ4n) is 3.35. The van der Waals surface area contributed by atoms with Crippen molar-refractivity contribution in [2.24, 2.45) is 0 Å². The normalized spacial score (nSPS) is 12.3. The van der Waals surface area contributed by atoms with Gasteiger partial charge in [0.25, 0.3) is 5.91 Å². The minimum Gasteiger partial charge on any atom is -0.369 e. The molecule has 136 valence electrons. The molecule has 4 rings (SSSR count).